The largest absolute Gasteiger partial charge is 0.354 e. The molecule has 0 saturated carbocycles. The molecule has 0 N–H and O–H groups in total. The minimum Gasteiger partial charge on any atom is -0.354 e. The Balaban J connectivity index is 1.88. The summed E-state index contributed by atoms with van der Waals surface area (Å²) in [5.41, 5.74) is 2.48. The molecule has 0 aromatic heterocycles. The highest BCUT2D eigenvalue weighted by molar-refractivity contribution is 5.51. The van der Waals surface area contributed by atoms with Crippen LogP contribution in [-0.2, 0) is 0 Å². The van der Waals surface area contributed by atoms with Gasteiger partial charge in [0, 0.05) is 18.9 Å². The topological polar surface area (TPSA) is 3.24 Å². The van der Waals surface area contributed by atoms with E-state index in [9.17, 15) is 0 Å². The average Bonchev–Trinajstić information content (AvgIpc) is 2.67. The summed E-state index contributed by atoms with van der Waals surface area (Å²) >= 11 is 0. The molecule has 26 heavy (non-hydrogen) atoms. The van der Waals surface area contributed by atoms with Gasteiger partial charge in [0.2, 0.25) is 0 Å². The van der Waals surface area contributed by atoms with E-state index in [4.69, 9.17) is 0 Å². The van der Waals surface area contributed by atoms with Gasteiger partial charge in [0.15, 0.2) is 0 Å². The minimum absolute atomic E-state index is 0.828. The van der Waals surface area contributed by atoms with E-state index in [1.165, 1.54) is 43.2 Å². The van der Waals surface area contributed by atoms with E-state index in [1.54, 1.807) is 0 Å². The van der Waals surface area contributed by atoms with Crippen LogP contribution in [0.4, 0.5) is 0 Å². The second-order valence-corrected chi connectivity index (χ2v) is 7.29. The molecular formula is C25H33N. The maximum Gasteiger partial charge on any atom is 0.0219 e. The Hall–Kier alpha value is -2.28. The first-order chi connectivity index (χ1) is 12.7. The molecule has 0 saturated heterocycles. The van der Waals surface area contributed by atoms with E-state index < -0.39 is 0 Å². The van der Waals surface area contributed by atoms with Crippen molar-refractivity contribution in [2.45, 2.75) is 46.0 Å². The molecule has 0 aliphatic rings. The predicted molar refractivity (Wildman–Crippen MR) is 116 cm³/mol. The molecule has 0 aliphatic heterocycles. The Morgan fingerprint density at radius 1 is 0.692 bits per heavy atom. The van der Waals surface area contributed by atoms with Crippen molar-refractivity contribution < 1.29 is 0 Å². The lowest BCUT2D eigenvalue weighted by Gasteiger charge is -2.16. The number of hydrogen-bond donors (Lipinski definition) is 0. The second kappa shape index (κ2) is 12.1. The maximum absolute atomic E-state index is 2.31. The van der Waals surface area contributed by atoms with Crippen LogP contribution in [0, 0.1) is 5.92 Å². The molecule has 138 valence electrons. The predicted octanol–water partition coefficient (Wildman–Crippen LogP) is 7.24. The summed E-state index contributed by atoms with van der Waals surface area (Å²) in [7, 11) is 0. The molecule has 0 heterocycles. The van der Waals surface area contributed by atoms with Crippen LogP contribution in [0.5, 0.6) is 0 Å². The Morgan fingerprint density at radius 3 is 1.69 bits per heavy atom. The lowest BCUT2D eigenvalue weighted by atomic mass is 10.0. The SMILES string of the molecule is CC(C)CCCCCCN(C=Cc1ccccc1)C=Cc1ccccc1. The highest BCUT2D eigenvalue weighted by atomic mass is 15.1. The number of hydrogen-bond acceptors (Lipinski definition) is 1. The van der Waals surface area contributed by atoms with Gasteiger partial charge >= 0.3 is 0 Å². The zero-order valence-electron chi connectivity index (χ0n) is 16.4. The smallest absolute Gasteiger partial charge is 0.0219 e. The molecule has 2 rings (SSSR count). The molecule has 0 spiro atoms. The molecule has 0 amide bonds. The van der Waals surface area contributed by atoms with E-state index in [0.717, 1.165) is 12.5 Å². The van der Waals surface area contributed by atoms with Crippen molar-refractivity contribution in [2.24, 2.45) is 5.92 Å². The standard InChI is InChI=1S/C25H33N/c1-23(2)13-7-3-4-12-20-26(21-18-24-14-8-5-9-15-24)22-19-25-16-10-6-11-17-25/h5-6,8-11,14-19,21-23H,3-4,7,12-13,20H2,1-2H3. The number of rotatable bonds is 11. The van der Waals surface area contributed by atoms with E-state index >= 15 is 0 Å². The molecule has 1 heteroatoms. The fraction of sp³-hybridized carbons (Fsp3) is 0.360. The van der Waals surface area contributed by atoms with Gasteiger partial charge in [-0.2, -0.15) is 0 Å². The molecule has 0 radical (unpaired) electrons. The maximum atomic E-state index is 2.31. The van der Waals surface area contributed by atoms with Crippen LogP contribution in [-0.4, -0.2) is 11.4 Å². The van der Waals surface area contributed by atoms with Gasteiger partial charge in [0.05, 0.1) is 0 Å². The number of nitrogens with zero attached hydrogens (tertiary/aromatic N) is 1. The van der Waals surface area contributed by atoms with Crippen LogP contribution in [0.3, 0.4) is 0 Å². The Morgan fingerprint density at radius 2 is 1.19 bits per heavy atom. The van der Waals surface area contributed by atoms with E-state index in [2.05, 4.69) is 104 Å². The summed E-state index contributed by atoms with van der Waals surface area (Å²) in [6, 6.07) is 21.0. The van der Waals surface area contributed by atoms with Crippen molar-refractivity contribution >= 4 is 12.2 Å². The van der Waals surface area contributed by atoms with Crippen molar-refractivity contribution in [1.82, 2.24) is 4.90 Å². The highest BCUT2D eigenvalue weighted by Crippen LogP contribution is 2.11. The van der Waals surface area contributed by atoms with Crippen molar-refractivity contribution in [3.63, 3.8) is 0 Å². The van der Waals surface area contributed by atoms with Crippen molar-refractivity contribution in [1.29, 1.82) is 0 Å². The first-order valence-corrected chi connectivity index (χ1v) is 9.96. The number of benzene rings is 2. The normalized spacial score (nSPS) is 11.7. The summed E-state index contributed by atoms with van der Waals surface area (Å²) in [6.45, 7) is 5.68. The third-order valence-corrected chi connectivity index (χ3v) is 4.46. The number of unbranched alkanes of at least 4 members (excludes halogenated alkanes) is 3. The van der Waals surface area contributed by atoms with Crippen molar-refractivity contribution in [3.05, 3.63) is 84.2 Å². The molecular weight excluding hydrogens is 314 g/mol. The zero-order valence-corrected chi connectivity index (χ0v) is 16.4. The molecule has 0 aliphatic carbocycles. The van der Waals surface area contributed by atoms with Gasteiger partial charge in [0.25, 0.3) is 0 Å². The minimum atomic E-state index is 0.828. The first kappa shape index (κ1) is 20.0. The summed E-state index contributed by atoms with van der Waals surface area (Å²) in [5.74, 6) is 0.828. The van der Waals surface area contributed by atoms with E-state index in [-0.39, 0.29) is 0 Å². The van der Waals surface area contributed by atoms with Crippen LogP contribution in [0.15, 0.2) is 73.1 Å². The van der Waals surface area contributed by atoms with Gasteiger partial charge in [-0.3, -0.25) is 0 Å². The molecule has 0 fully saturated rings. The van der Waals surface area contributed by atoms with Gasteiger partial charge in [-0.05, 0) is 35.6 Å². The fourth-order valence-electron chi connectivity index (χ4n) is 2.89. The van der Waals surface area contributed by atoms with Crippen molar-refractivity contribution in [3.8, 4) is 0 Å². The summed E-state index contributed by atoms with van der Waals surface area (Å²) < 4.78 is 0. The molecule has 2 aromatic rings. The highest BCUT2D eigenvalue weighted by Gasteiger charge is 1.98. The van der Waals surface area contributed by atoms with Crippen LogP contribution in [0.25, 0.3) is 12.2 Å². The van der Waals surface area contributed by atoms with Crippen LogP contribution in [0.1, 0.15) is 57.1 Å². The lowest BCUT2D eigenvalue weighted by molar-refractivity contribution is 0.460. The third kappa shape index (κ3) is 8.71. The van der Waals surface area contributed by atoms with E-state index in [0.29, 0.717) is 0 Å². The summed E-state index contributed by atoms with van der Waals surface area (Å²) in [6.07, 6.45) is 15.4. The lowest BCUT2D eigenvalue weighted by Crippen LogP contribution is -2.11. The molecule has 0 atom stereocenters. The average molecular weight is 348 g/mol. The molecule has 2 aromatic carbocycles. The van der Waals surface area contributed by atoms with Gasteiger partial charge in [-0.25, -0.2) is 0 Å². The first-order valence-electron chi connectivity index (χ1n) is 9.96. The molecule has 1 nitrogen and oxygen atoms in total. The Bertz CT molecular complexity index is 591. The van der Waals surface area contributed by atoms with Crippen LogP contribution >= 0.6 is 0 Å². The van der Waals surface area contributed by atoms with E-state index in [1.807, 2.05) is 0 Å². The fourth-order valence-corrected chi connectivity index (χ4v) is 2.89. The van der Waals surface area contributed by atoms with Gasteiger partial charge < -0.3 is 4.90 Å². The van der Waals surface area contributed by atoms with Crippen LogP contribution in [0.2, 0.25) is 0 Å². The second-order valence-electron chi connectivity index (χ2n) is 7.29. The molecule has 0 bridgehead atoms. The van der Waals surface area contributed by atoms with Crippen molar-refractivity contribution in [2.75, 3.05) is 6.54 Å². The monoisotopic (exact) mass is 347 g/mol. The Kier molecular flexibility index (Phi) is 9.35. The summed E-state index contributed by atoms with van der Waals surface area (Å²) in [5, 5.41) is 0. The molecule has 0 unspecified atom stereocenters. The summed E-state index contributed by atoms with van der Waals surface area (Å²) in [4.78, 5) is 2.31. The van der Waals surface area contributed by atoms with Gasteiger partial charge in [-0.15, -0.1) is 0 Å². The van der Waals surface area contributed by atoms with Gasteiger partial charge in [-0.1, -0.05) is 100 Å². The zero-order chi connectivity index (χ0) is 18.5. The quantitative estimate of drug-likeness (QED) is 0.387. The third-order valence-electron chi connectivity index (χ3n) is 4.46. The van der Waals surface area contributed by atoms with Gasteiger partial charge in [0.1, 0.15) is 0 Å². The Labute approximate surface area is 160 Å². The van der Waals surface area contributed by atoms with Crippen LogP contribution < -0.4 is 0 Å².